The smallest absolute Gasteiger partial charge is 0.329 e. The van der Waals surface area contributed by atoms with E-state index in [1.54, 1.807) is 48.3 Å². The molecule has 16 nitrogen and oxygen atoms in total. The van der Waals surface area contributed by atoms with E-state index < -0.39 is 60.1 Å². The Morgan fingerprint density at radius 3 is 2.50 bits per heavy atom. The minimum absolute atomic E-state index is 0.0836. The minimum Gasteiger partial charge on any atom is -0.364 e. The number of aromatic nitrogens is 7. The molecule has 2 atom stereocenters. The lowest BCUT2D eigenvalue weighted by molar-refractivity contribution is -0.135. The summed E-state index contributed by atoms with van der Waals surface area (Å²) in [6, 6.07) is 4.81. The highest BCUT2D eigenvalue weighted by atomic mass is 19.3. The van der Waals surface area contributed by atoms with Crippen LogP contribution >= 0.6 is 0 Å². The van der Waals surface area contributed by atoms with Crippen molar-refractivity contribution in [2.24, 2.45) is 18.4 Å². The summed E-state index contributed by atoms with van der Waals surface area (Å²) in [4.78, 5) is 61.6. The maximum Gasteiger partial charge on any atom is 0.329 e. The molecular formula is C42H48F4N12O4. The van der Waals surface area contributed by atoms with Gasteiger partial charge in [0.15, 0.2) is 11.3 Å². The lowest BCUT2D eigenvalue weighted by Crippen LogP contribution is -2.58. The number of aryl methyl sites for hydroxylation is 1. The first-order chi connectivity index (χ1) is 29.7. The highest BCUT2D eigenvalue weighted by molar-refractivity contribution is 6.08. The molecule has 62 heavy (non-hydrogen) atoms. The van der Waals surface area contributed by atoms with Crippen LogP contribution in [0.3, 0.4) is 0 Å². The Morgan fingerprint density at radius 2 is 1.79 bits per heavy atom. The molecule has 2 N–H and O–H groups in total. The molecule has 4 aromatic heterocycles. The number of para-hydroxylation sites is 1. The maximum atomic E-state index is 16.2. The molecule has 20 heteroatoms. The fourth-order valence-corrected chi connectivity index (χ4v) is 10.4. The van der Waals surface area contributed by atoms with E-state index in [9.17, 15) is 28.0 Å². The van der Waals surface area contributed by atoms with E-state index in [0.29, 0.717) is 66.6 Å². The summed E-state index contributed by atoms with van der Waals surface area (Å²) in [5.74, 6) is -3.84. The first kappa shape index (κ1) is 40.3. The van der Waals surface area contributed by atoms with Gasteiger partial charge in [0.1, 0.15) is 17.4 Å². The average molecular weight is 861 g/mol. The molecule has 0 bridgehead atoms. The van der Waals surface area contributed by atoms with Crippen molar-refractivity contribution in [1.29, 1.82) is 0 Å². The molecule has 5 aliphatic rings. The van der Waals surface area contributed by atoms with Crippen LogP contribution in [0.25, 0.3) is 16.7 Å². The highest BCUT2D eigenvalue weighted by Crippen LogP contribution is 2.53. The third kappa shape index (κ3) is 6.99. The number of amides is 3. The number of hydrogen-bond donors (Lipinski definition) is 2. The lowest BCUT2D eigenvalue weighted by atomic mass is 9.85. The van der Waals surface area contributed by atoms with E-state index in [1.807, 2.05) is 6.07 Å². The predicted octanol–water partition coefficient (Wildman–Crippen LogP) is 4.92. The quantitative estimate of drug-likeness (QED) is 0.146. The molecule has 3 saturated heterocycles. The Bertz CT molecular complexity index is 2650. The summed E-state index contributed by atoms with van der Waals surface area (Å²) in [5, 5.41) is 13.4. The molecule has 2 saturated carbocycles. The van der Waals surface area contributed by atoms with Crippen LogP contribution in [0.2, 0.25) is 0 Å². The molecule has 2 aliphatic carbocycles. The average Bonchev–Trinajstić information content (AvgIpc) is 3.64. The molecule has 328 valence electrons. The number of carbonyl (C=O) groups excluding carboxylic acids is 3. The van der Waals surface area contributed by atoms with Crippen LogP contribution in [0.4, 0.5) is 34.8 Å². The number of nitrogens with one attached hydrogen (secondary N) is 2. The Hall–Kier alpha value is -5.79. The number of carbonyl (C=O) groups is 3. The second-order valence-electron chi connectivity index (χ2n) is 18.1. The van der Waals surface area contributed by atoms with Crippen molar-refractivity contribution in [1.82, 2.24) is 43.7 Å². The normalized spacial score (nSPS) is 24.6. The monoisotopic (exact) mass is 860 g/mol. The van der Waals surface area contributed by atoms with Crippen LogP contribution in [0.5, 0.6) is 0 Å². The van der Waals surface area contributed by atoms with Crippen molar-refractivity contribution in [3.05, 3.63) is 64.6 Å². The van der Waals surface area contributed by atoms with E-state index in [-0.39, 0.29) is 42.5 Å². The number of rotatable bonds is 10. The maximum absolute atomic E-state index is 16.2. The number of nitrogens with zero attached hydrogens (tertiary/aromatic N) is 10. The third-order valence-corrected chi connectivity index (χ3v) is 13.9. The predicted molar refractivity (Wildman–Crippen MR) is 220 cm³/mol. The topological polar surface area (TPSA) is 160 Å². The number of benzene rings is 1. The zero-order chi connectivity index (χ0) is 43.2. The van der Waals surface area contributed by atoms with Crippen molar-refractivity contribution in [3.8, 4) is 0 Å². The van der Waals surface area contributed by atoms with Crippen LogP contribution in [0.15, 0.2) is 47.7 Å². The number of piperidine rings is 2. The molecule has 5 fully saturated rings. The molecule has 2 unspecified atom stereocenters. The molecule has 5 aromatic rings. The molecule has 1 aromatic carbocycles. The van der Waals surface area contributed by atoms with Crippen LogP contribution in [0.1, 0.15) is 92.3 Å². The molecule has 10 rings (SSSR count). The number of halogens is 4. The lowest BCUT2D eigenvalue weighted by Gasteiger charge is -2.44. The molecule has 3 aliphatic heterocycles. The van der Waals surface area contributed by atoms with Gasteiger partial charge in [-0.1, -0.05) is 6.07 Å². The van der Waals surface area contributed by atoms with Gasteiger partial charge in [0.25, 0.3) is 18.3 Å². The standard InChI is InChI=1S/C42H48F4N12O4/c1-52(31-12-16-54(23-42(31,45)46)28-4-3-5-29-35(28)53(2)40(62)58(29)30-10-11-33(59)50-39(30)61)19-24-6-8-25(9-7-24)57-20-27(34(51-57)36(43)44)48-38(60)26-18-47-56-17-13-32(49-37(26)56)55-21-41(22-55)14-15-41/h3-5,13,17-18,20,24-25,30-31,36H,6-12,14-16,19,21-23H2,1-2H3,(H,48,60)(H,50,59,61). The summed E-state index contributed by atoms with van der Waals surface area (Å²) in [6.07, 6.45) is 7.05. The van der Waals surface area contributed by atoms with Crippen molar-refractivity contribution < 1.29 is 31.9 Å². The summed E-state index contributed by atoms with van der Waals surface area (Å²) in [7, 11) is 3.27. The SMILES string of the molecule is CN(CC1CCC(n2cc(NC(=O)c3cnn4ccc(N5CC6(CC6)C5)nc34)c(C(F)F)n2)CC1)C1CCN(c2cccc3c2n(C)c(=O)n3C2CCC(=O)NC2=O)CC1(F)F. The van der Waals surface area contributed by atoms with Gasteiger partial charge in [0, 0.05) is 57.5 Å². The summed E-state index contributed by atoms with van der Waals surface area (Å²) in [6.45, 7) is 2.03. The van der Waals surface area contributed by atoms with E-state index >= 15 is 8.78 Å². The highest BCUT2D eigenvalue weighted by Gasteiger charge is 2.53. The van der Waals surface area contributed by atoms with Crippen molar-refractivity contribution >= 4 is 51.6 Å². The first-order valence-electron chi connectivity index (χ1n) is 21.3. The van der Waals surface area contributed by atoms with Crippen LogP contribution in [0, 0.1) is 11.3 Å². The van der Waals surface area contributed by atoms with Crippen molar-refractivity contribution in [3.63, 3.8) is 0 Å². The largest absolute Gasteiger partial charge is 0.364 e. The number of alkyl halides is 4. The molecular weight excluding hydrogens is 813 g/mol. The zero-order valence-electron chi connectivity index (χ0n) is 34.4. The number of imidazole rings is 1. The van der Waals surface area contributed by atoms with Crippen molar-refractivity contribution in [2.75, 3.05) is 54.9 Å². The van der Waals surface area contributed by atoms with E-state index in [1.165, 1.54) is 43.6 Å². The Balaban J connectivity index is 0.769. The second kappa shape index (κ2) is 14.9. The van der Waals surface area contributed by atoms with Gasteiger partial charge < -0.3 is 15.1 Å². The van der Waals surface area contributed by atoms with E-state index in [2.05, 4.69) is 30.7 Å². The van der Waals surface area contributed by atoms with Gasteiger partial charge in [-0.15, -0.1) is 0 Å². The number of imide groups is 1. The van der Waals surface area contributed by atoms with Gasteiger partial charge in [0.05, 0.1) is 47.2 Å². The summed E-state index contributed by atoms with van der Waals surface area (Å²) in [5.41, 5.74) is 1.18. The summed E-state index contributed by atoms with van der Waals surface area (Å²) < 4.78 is 66.6. The molecule has 1 spiro atoms. The van der Waals surface area contributed by atoms with E-state index in [0.717, 1.165) is 18.9 Å². The van der Waals surface area contributed by atoms with Gasteiger partial charge in [-0.05, 0) is 82.5 Å². The van der Waals surface area contributed by atoms with Gasteiger partial charge >= 0.3 is 5.69 Å². The Kier molecular flexibility index (Phi) is 9.71. The zero-order valence-corrected chi connectivity index (χ0v) is 34.4. The number of anilines is 3. The van der Waals surface area contributed by atoms with E-state index in [4.69, 9.17) is 0 Å². The van der Waals surface area contributed by atoms with Crippen LogP contribution in [-0.2, 0) is 16.6 Å². The van der Waals surface area contributed by atoms with Gasteiger partial charge in [-0.3, -0.25) is 38.4 Å². The fourth-order valence-electron chi connectivity index (χ4n) is 10.4. The van der Waals surface area contributed by atoms with Crippen LogP contribution < -0.4 is 26.1 Å². The second-order valence-corrected chi connectivity index (χ2v) is 18.1. The van der Waals surface area contributed by atoms with Gasteiger partial charge in [0.2, 0.25) is 11.8 Å². The van der Waals surface area contributed by atoms with Crippen LogP contribution in [-0.4, -0.2) is 108 Å². The fraction of sp³-hybridized carbons (Fsp3) is 0.548. The first-order valence-corrected chi connectivity index (χ1v) is 21.3. The minimum atomic E-state index is -3.10. The third-order valence-electron chi connectivity index (χ3n) is 13.9. The van der Waals surface area contributed by atoms with Gasteiger partial charge in [-0.25, -0.2) is 31.9 Å². The Labute approximate surface area is 352 Å². The van der Waals surface area contributed by atoms with Crippen molar-refractivity contribution in [2.45, 2.75) is 88.3 Å². The molecule has 7 heterocycles. The van der Waals surface area contributed by atoms with Gasteiger partial charge in [-0.2, -0.15) is 10.2 Å². The Morgan fingerprint density at radius 1 is 1.02 bits per heavy atom. The molecule has 0 radical (unpaired) electrons. The molecule has 3 amide bonds. The number of hydrogen-bond acceptors (Lipinski definition) is 10. The number of fused-ring (bicyclic) bond motifs is 2. The summed E-state index contributed by atoms with van der Waals surface area (Å²) >= 11 is 0.